The molecule has 0 spiro atoms. The lowest BCUT2D eigenvalue weighted by molar-refractivity contribution is 0.102. The maximum Gasteiger partial charge on any atom is 0.259 e. The quantitative estimate of drug-likeness (QED) is 0.700. The number of hydrogen-bond donors (Lipinski definition) is 2. The summed E-state index contributed by atoms with van der Waals surface area (Å²) in [7, 11) is -2.02. The van der Waals surface area contributed by atoms with Gasteiger partial charge in [0.25, 0.3) is 5.91 Å². The molecular formula is C20H19NO5S. The highest BCUT2D eigenvalue weighted by atomic mass is 32.2. The van der Waals surface area contributed by atoms with E-state index < -0.39 is 15.7 Å². The number of carbonyl (C=O) groups is 1. The smallest absolute Gasteiger partial charge is 0.259 e. The third-order valence-corrected chi connectivity index (χ3v) is 6.00. The first-order valence-electron chi connectivity index (χ1n) is 8.29. The Morgan fingerprint density at radius 3 is 2.37 bits per heavy atom. The van der Waals surface area contributed by atoms with E-state index in [2.05, 4.69) is 5.32 Å². The van der Waals surface area contributed by atoms with Crippen LogP contribution < -0.4 is 10.1 Å². The van der Waals surface area contributed by atoms with Gasteiger partial charge in [0, 0.05) is 0 Å². The van der Waals surface area contributed by atoms with Gasteiger partial charge in [0.05, 0.1) is 29.0 Å². The predicted octanol–water partition coefficient (Wildman–Crippen LogP) is 3.60. The van der Waals surface area contributed by atoms with Crippen LogP contribution in [0.3, 0.4) is 0 Å². The number of methoxy groups -OCH3 is 1. The van der Waals surface area contributed by atoms with E-state index in [0.29, 0.717) is 5.75 Å². The highest BCUT2D eigenvalue weighted by molar-refractivity contribution is 7.91. The molecule has 3 rings (SSSR count). The highest BCUT2D eigenvalue weighted by Gasteiger charge is 2.18. The molecule has 0 fully saturated rings. The van der Waals surface area contributed by atoms with Crippen LogP contribution in [0.5, 0.6) is 11.5 Å². The molecule has 0 bridgehead atoms. The molecule has 0 saturated heterocycles. The van der Waals surface area contributed by atoms with E-state index in [1.807, 2.05) is 24.3 Å². The lowest BCUT2D eigenvalue weighted by Crippen LogP contribution is -2.14. The summed E-state index contributed by atoms with van der Waals surface area (Å²) in [6, 6.07) is 14.7. The van der Waals surface area contributed by atoms with Crippen molar-refractivity contribution in [2.75, 3.05) is 18.2 Å². The maximum absolute atomic E-state index is 12.7. The second kappa shape index (κ2) is 7.28. The van der Waals surface area contributed by atoms with Gasteiger partial charge in [-0.3, -0.25) is 4.79 Å². The van der Waals surface area contributed by atoms with E-state index >= 15 is 0 Å². The molecule has 3 aromatic carbocycles. The molecule has 7 heteroatoms. The zero-order chi connectivity index (χ0) is 19.6. The number of hydrogen-bond acceptors (Lipinski definition) is 5. The summed E-state index contributed by atoms with van der Waals surface area (Å²) in [6.45, 7) is 1.55. The lowest BCUT2D eigenvalue weighted by Gasteiger charge is -2.13. The summed E-state index contributed by atoms with van der Waals surface area (Å²) < 4.78 is 29.4. The normalized spacial score (nSPS) is 11.3. The van der Waals surface area contributed by atoms with Crippen molar-refractivity contribution >= 4 is 32.2 Å². The van der Waals surface area contributed by atoms with E-state index in [-0.39, 0.29) is 27.6 Å². The van der Waals surface area contributed by atoms with Crippen LogP contribution in [-0.2, 0) is 9.84 Å². The third kappa shape index (κ3) is 3.73. The fourth-order valence-electron chi connectivity index (χ4n) is 2.74. The Morgan fingerprint density at radius 1 is 1.07 bits per heavy atom. The topological polar surface area (TPSA) is 92.7 Å². The monoisotopic (exact) mass is 385 g/mol. The van der Waals surface area contributed by atoms with Crippen molar-refractivity contribution in [3.05, 3.63) is 60.2 Å². The van der Waals surface area contributed by atoms with Crippen LogP contribution in [0.4, 0.5) is 5.69 Å². The van der Waals surface area contributed by atoms with Gasteiger partial charge in [-0.25, -0.2) is 8.42 Å². The zero-order valence-corrected chi connectivity index (χ0v) is 15.7. The van der Waals surface area contributed by atoms with Crippen molar-refractivity contribution in [1.82, 2.24) is 0 Å². The number of sulfone groups is 1. The summed E-state index contributed by atoms with van der Waals surface area (Å²) in [5.74, 6) is -0.471. The van der Waals surface area contributed by atoms with Gasteiger partial charge in [0.2, 0.25) is 0 Å². The number of carbonyl (C=O) groups excluding carboxylic acids is 1. The summed E-state index contributed by atoms with van der Waals surface area (Å²) >= 11 is 0. The van der Waals surface area contributed by atoms with Crippen LogP contribution in [0.15, 0.2) is 59.5 Å². The number of benzene rings is 3. The Bertz CT molecular complexity index is 1120. The van der Waals surface area contributed by atoms with Crippen molar-refractivity contribution in [3.8, 4) is 11.5 Å². The summed E-state index contributed by atoms with van der Waals surface area (Å²) in [6.07, 6.45) is 0. The molecule has 27 heavy (non-hydrogen) atoms. The molecule has 1 amide bonds. The van der Waals surface area contributed by atoms with Gasteiger partial charge in [0.1, 0.15) is 11.5 Å². The number of anilines is 1. The Kier molecular flexibility index (Phi) is 5.05. The fourth-order valence-corrected chi connectivity index (χ4v) is 3.65. The minimum Gasteiger partial charge on any atom is -0.507 e. The molecule has 2 N–H and O–H groups in total. The van der Waals surface area contributed by atoms with E-state index in [1.165, 1.54) is 31.4 Å². The molecule has 140 valence electrons. The van der Waals surface area contributed by atoms with Crippen LogP contribution >= 0.6 is 0 Å². The number of rotatable bonds is 5. The first-order valence-corrected chi connectivity index (χ1v) is 9.95. The van der Waals surface area contributed by atoms with Crippen molar-refractivity contribution < 1.29 is 23.1 Å². The van der Waals surface area contributed by atoms with Gasteiger partial charge < -0.3 is 15.2 Å². The van der Waals surface area contributed by atoms with Gasteiger partial charge in [-0.1, -0.05) is 31.2 Å². The average Bonchev–Trinajstić information content (AvgIpc) is 2.67. The van der Waals surface area contributed by atoms with Crippen LogP contribution in [0, 0.1) is 0 Å². The van der Waals surface area contributed by atoms with Crippen molar-refractivity contribution in [2.24, 2.45) is 0 Å². The number of phenolic OH excluding ortho intramolecular Hbond substituents is 1. The Morgan fingerprint density at radius 2 is 1.74 bits per heavy atom. The van der Waals surface area contributed by atoms with Crippen molar-refractivity contribution in [3.63, 3.8) is 0 Å². The average molecular weight is 385 g/mol. The summed E-state index contributed by atoms with van der Waals surface area (Å²) in [5.41, 5.74) is 0.295. The number of amides is 1. The second-order valence-corrected chi connectivity index (χ2v) is 8.21. The molecule has 0 saturated carbocycles. The number of fused-ring (bicyclic) bond motifs is 1. The third-order valence-electron chi connectivity index (χ3n) is 4.27. The summed E-state index contributed by atoms with van der Waals surface area (Å²) in [5, 5.41) is 14.5. The molecule has 0 aromatic heterocycles. The zero-order valence-electron chi connectivity index (χ0n) is 14.9. The molecule has 3 aromatic rings. The van der Waals surface area contributed by atoms with Gasteiger partial charge in [-0.2, -0.15) is 0 Å². The van der Waals surface area contributed by atoms with Crippen LogP contribution in [0.2, 0.25) is 0 Å². The van der Waals surface area contributed by atoms with Crippen LogP contribution in [-0.4, -0.2) is 32.3 Å². The van der Waals surface area contributed by atoms with E-state index in [0.717, 1.165) is 10.8 Å². The van der Waals surface area contributed by atoms with Gasteiger partial charge in [-0.15, -0.1) is 0 Å². The van der Waals surface area contributed by atoms with Crippen LogP contribution in [0.25, 0.3) is 10.8 Å². The minimum absolute atomic E-state index is 0.0574. The van der Waals surface area contributed by atoms with Gasteiger partial charge >= 0.3 is 0 Å². The van der Waals surface area contributed by atoms with E-state index in [4.69, 9.17) is 4.74 Å². The number of ether oxygens (including phenoxy) is 1. The molecule has 0 radical (unpaired) electrons. The molecule has 0 atom stereocenters. The standard InChI is InChI=1S/C20H19NO5S/c1-3-27(24,25)15-8-9-19(26-2)17(12-15)21-20(23)16-10-13-6-4-5-7-14(13)11-18(16)22/h4-12,22H,3H2,1-2H3,(H,21,23). The Balaban J connectivity index is 2.00. The molecule has 0 aliphatic rings. The highest BCUT2D eigenvalue weighted by Crippen LogP contribution is 2.30. The number of phenols is 1. The molecule has 0 heterocycles. The molecule has 0 unspecified atom stereocenters. The molecule has 0 aliphatic heterocycles. The van der Waals surface area contributed by atoms with Crippen molar-refractivity contribution in [2.45, 2.75) is 11.8 Å². The second-order valence-electron chi connectivity index (χ2n) is 5.94. The minimum atomic E-state index is -3.44. The summed E-state index contributed by atoms with van der Waals surface area (Å²) in [4.78, 5) is 12.8. The Labute approximate surface area is 157 Å². The predicted molar refractivity (Wildman–Crippen MR) is 104 cm³/mol. The fraction of sp³-hybridized carbons (Fsp3) is 0.150. The number of aromatic hydroxyl groups is 1. The van der Waals surface area contributed by atoms with E-state index in [1.54, 1.807) is 13.0 Å². The van der Waals surface area contributed by atoms with Crippen molar-refractivity contribution in [1.29, 1.82) is 0 Å². The number of nitrogens with one attached hydrogen (secondary N) is 1. The first kappa shape index (κ1) is 18.7. The molecule has 6 nitrogen and oxygen atoms in total. The molecular weight excluding hydrogens is 366 g/mol. The largest absolute Gasteiger partial charge is 0.507 e. The first-order chi connectivity index (χ1) is 12.9. The Hall–Kier alpha value is -3.06. The van der Waals surface area contributed by atoms with Crippen LogP contribution in [0.1, 0.15) is 17.3 Å². The van der Waals surface area contributed by atoms with Gasteiger partial charge in [0.15, 0.2) is 9.84 Å². The van der Waals surface area contributed by atoms with Gasteiger partial charge in [-0.05, 0) is 41.1 Å². The lowest BCUT2D eigenvalue weighted by atomic mass is 10.1. The SMILES string of the molecule is CCS(=O)(=O)c1ccc(OC)c(NC(=O)c2cc3ccccc3cc2O)c1. The van der Waals surface area contributed by atoms with E-state index in [9.17, 15) is 18.3 Å². The maximum atomic E-state index is 12.7. The molecule has 0 aliphatic carbocycles.